The summed E-state index contributed by atoms with van der Waals surface area (Å²) in [5.41, 5.74) is 0.786. The molecule has 0 saturated carbocycles. The Morgan fingerprint density at radius 3 is 2.20 bits per heavy atom. The molecule has 0 radical (unpaired) electrons. The summed E-state index contributed by atoms with van der Waals surface area (Å²) in [5, 5.41) is 0. The fraction of sp³-hybridized carbons (Fsp3) is 0.588. The number of alkyl halides is 9. The molecule has 3 rings (SSSR count). The van der Waals surface area contributed by atoms with Crippen LogP contribution in [0.25, 0.3) is 0 Å². The Kier molecular flexibility index (Phi) is 13.6. The summed E-state index contributed by atoms with van der Waals surface area (Å²) in [6, 6.07) is 6.21. The van der Waals surface area contributed by atoms with Crippen LogP contribution in [0.15, 0.2) is 30.3 Å². The highest BCUT2D eigenvalue weighted by Gasteiger charge is 2.81. The van der Waals surface area contributed by atoms with E-state index in [1.807, 2.05) is 6.92 Å². The average molecular weight is 735 g/mol. The maximum atomic E-state index is 14.7. The second-order valence-corrected chi connectivity index (χ2v) is 12.3. The number of esters is 2. The number of carbonyl (C=O) groups is 2. The summed E-state index contributed by atoms with van der Waals surface area (Å²) in [6.45, 7) is 3.23. The molecule has 0 heterocycles. The van der Waals surface area contributed by atoms with Crippen LogP contribution in [-0.2, 0) is 22.4 Å². The molecule has 0 bridgehead atoms. The van der Waals surface area contributed by atoms with E-state index in [1.54, 1.807) is 12.1 Å². The second kappa shape index (κ2) is 16.6. The number of aryl methyl sites for hydroxylation is 1. The molecule has 50 heavy (non-hydrogen) atoms. The molecule has 1 aliphatic rings. The quantitative estimate of drug-likeness (QED) is 0.0701. The summed E-state index contributed by atoms with van der Waals surface area (Å²) in [5.74, 6) is -25.6. The highest BCUT2D eigenvalue weighted by molar-refractivity contribution is 5.91. The maximum Gasteiger partial charge on any atom is 0.460 e. The second-order valence-electron chi connectivity index (χ2n) is 12.3. The summed E-state index contributed by atoms with van der Waals surface area (Å²) in [4.78, 5) is 25.3. The predicted molar refractivity (Wildman–Crippen MR) is 158 cm³/mol. The molecule has 0 fully saturated rings. The first-order chi connectivity index (χ1) is 23.2. The van der Waals surface area contributed by atoms with Gasteiger partial charge in [-0.2, -0.15) is 43.9 Å². The van der Waals surface area contributed by atoms with E-state index in [4.69, 9.17) is 14.2 Å². The molecule has 16 heteroatoms. The SMILES string of the molecule is CCCCCC[C@H](C)OC(=O)C1CCc2cc(OC(=O)c3ccc(OCCCCC(F)(F)C(F)(F)C(F)(F)C(F)(F)F)c(F)c3F)ccc2C1. The fourth-order valence-corrected chi connectivity index (χ4v) is 5.37. The van der Waals surface area contributed by atoms with E-state index in [9.17, 15) is 57.9 Å². The molecule has 2 aromatic carbocycles. The number of fused-ring (bicyclic) bond motifs is 1. The van der Waals surface area contributed by atoms with Crippen molar-refractivity contribution in [3.8, 4) is 11.5 Å². The van der Waals surface area contributed by atoms with Crippen molar-refractivity contribution in [2.24, 2.45) is 5.92 Å². The van der Waals surface area contributed by atoms with Crippen molar-refractivity contribution in [2.45, 2.75) is 115 Å². The van der Waals surface area contributed by atoms with Gasteiger partial charge in [-0.3, -0.25) is 4.79 Å². The molecule has 1 aliphatic carbocycles. The van der Waals surface area contributed by atoms with E-state index >= 15 is 0 Å². The highest BCUT2D eigenvalue weighted by atomic mass is 19.4. The van der Waals surface area contributed by atoms with Gasteiger partial charge in [0, 0.05) is 6.42 Å². The van der Waals surface area contributed by atoms with Gasteiger partial charge in [0.15, 0.2) is 11.6 Å². The minimum Gasteiger partial charge on any atom is -0.490 e. The maximum absolute atomic E-state index is 14.7. The normalized spacial score (nSPS) is 16.1. The van der Waals surface area contributed by atoms with E-state index in [1.165, 1.54) is 6.07 Å². The van der Waals surface area contributed by atoms with E-state index in [2.05, 4.69) is 6.92 Å². The largest absolute Gasteiger partial charge is 0.490 e. The summed E-state index contributed by atoms with van der Waals surface area (Å²) >= 11 is 0. The molecule has 0 saturated heterocycles. The predicted octanol–water partition coefficient (Wildman–Crippen LogP) is 10.2. The van der Waals surface area contributed by atoms with Crippen LogP contribution in [0.1, 0.15) is 93.1 Å². The number of benzene rings is 2. The summed E-state index contributed by atoms with van der Waals surface area (Å²) < 4.78 is 162. The molecule has 0 spiro atoms. The Hall–Kier alpha value is -3.59. The Balaban J connectivity index is 1.52. The van der Waals surface area contributed by atoms with E-state index in [-0.39, 0.29) is 23.7 Å². The highest BCUT2D eigenvalue weighted by Crippen LogP contribution is 2.54. The van der Waals surface area contributed by atoms with Crippen LogP contribution in [0.3, 0.4) is 0 Å². The zero-order valence-corrected chi connectivity index (χ0v) is 27.2. The van der Waals surface area contributed by atoms with E-state index in [0.717, 1.165) is 55.4 Å². The fourth-order valence-electron chi connectivity index (χ4n) is 5.37. The molecule has 0 aromatic heterocycles. The standard InChI is InChI=1S/C34H37F11O5/c1-3-4-5-6-9-20(2)49-29(46)23-11-10-22-19-24(13-12-21(22)18-23)50-30(47)25-14-15-26(28(36)27(25)35)48-17-8-7-16-31(37,38)32(39,40)33(41,42)34(43,44)45/h12-15,19-20,23H,3-11,16-18H2,1-2H3/t20-,23?/m0/s1. The first-order valence-corrected chi connectivity index (χ1v) is 16.1. The molecule has 5 nitrogen and oxygen atoms in total. The van der Waals surface area contributed by atoms with Crippen LogP contribution in [0.2, 0.25) is 0 Å². The van der Waals surface area contributed by atoms with Gasteiger partial charge < -0.3 is 14.2 Å². The van der Waals surface area contributed by atoms with Crippen molar-refractivity contribution in [3.63, 3.8) is 0 Å². The van der Waals surface area contributed by atoms with Crippen LogP contribution in [-0.4, -0.2) is 48.6 Å². The summed E-state index contributed by atoms with van der Waals surface area (Å²) in [6.07, 6.45) is -4.47. The van der Waals surface area contributed by atoms with Gasteiger partial charge in [0.25, 0.3) is 0 Å². The topological polar surface area (TPSA) is 61.8 Å². The number of unbranched alkanes of at least 4 members (excludes halogenated alkanes) is 4. The zero-order chi connectivity index (χ0) is 37.5. The van der Waals surface area contributed by atoms with Crippen LogP contribution in [0.5, 0.6) is 11.5 Å². The molecule has 2 aromatic rings. The van der Waals surface area contributed by atoms with Crippen molar-refractivity contribution >= 4 is 11.9 Å². The van der Waals surface area contributed by atoms with Gasteiger partial charge in [-0.05, 0) is 87.3 Å². The van der Waals surface area contributed by atoms with E-state index < -0.39 is 78.7 Å². The lowest BCUT2D eigenvalue weighted by atomic mass is 9.84. The van der Waals surface area contributed by atoms with Gasteiger partial charge in [-0.15, -0.1) is 0 Å². The minimum atomic E-state index is -7.00. The molecule has 0 amide bonds. The van der Waals surface area contributed by atoms with Crippen LogP contribution in [0.4, 0.5) is 48.3 Å². The lowest BCUT2D eigenvalue weighted by Gasteiger charge is -2.33. The smallest absolute Gasteiger partial charge is 0.460 e. The van der Waals surface area contributed by atoms with Gasteiger partial charge in [0.2, 0.25) is 5.82 Å². The number of rotatable bonds is 17. The van der Waals surface area contributed by atoms with Crippen molar-refractivity contribution in [3.05, 3.63) is 58.7 Å². The monoisotopic (exact) mass is 734 g/mol. The lowest BCUT2D eigenvalue weighted by Crippen LogP contribution is -2.60. The van der Waals surface area contributed by atoms with Gasteiger partial charge in [0.05, 0.1) is 24.2 Å². The number of ether oxygens (including phenoxy) is 3. The van der Waals surface area contributed by atoms with Crippen LogP contribution in [0, 0.1) is 17.6 Å². The lowest BCUT2D eigenvalue weighted by molar-refractivity contribution is -0.396. The summed E-state index contributed by atoms with van der Waals surface area (Å²) in [7, 11) is 0. The third kappa shape index (κ3) is 9.59. The number of carbonyl (C=O) groups excluding carboxylic acids is 2. The number of hydrogen-bond donors (Lipinski definition) is 0. The van der Waals surface area contributed by atoms with Gasteiger partial charge >= 0.3 is 35.9 Å². The minimum absolute atomic E-state index is 0.0194. The van der Waals surface area contributed by atoms with Crippen molar-refractivity contribution < 1.29 is 72.1 Å². The molecule has 280 valence electrons. The third-order valence-corrected chi connectivity index (χ3v) is 8.35. The van der Waals surface area contributed by atoms with Gasteiger partial charge in [-0.25, -0.2) is 9.18 Å². The zero-order valence-electron chi connectivity index (χ0n) is 27.2. The molecular weight excluding hydrogens is 697 g/mol. The Morgan fingerprint density at radius 1 is 0.840 bits per heavy atom. The molecule has 2 atom stereocenters. The van der Waals surface area contributed by atoms with Crippen LogP contribution >= 0.6 is 0 Å². The first kappa shape index (κ1) is 40.8. The first-order valence-electron chi connectivity index (χ1n) is 16.1. The van der Waals surface area contributed by atoms with Gasteiger partial charge in [-0.1, -0.05) is 32.3 Å². The Labute approximate surface area is 281 Å². The van der Waals surface area contributed by atoms with E-state index in [0.29, 0.717) is 19.3 Å². The van der Waals surface area contributed by atoms with Gasteiger partial charge in [0.1, 0.15) is 5.75 Å². The van der Waals surface area contributed by atoms with Crippen LogP contribution < -0.4 is 9.47 Å². The Bertz CT molecular complexity index is 1480. The van der Waals surface area contributed by atoms with Crippen molar-refractivity contribution in [2.75, 3.05) is 6.61 Å². The average Bonchev–Trinajstić information content (AvgIpc) is 3.03. The Morgan fingerprint density at radius 2 is 1.54 bits per heavy atom. The van der Waals surface area contributed by atoms with Crippen molar-refractivity contribution in [1.82, 2.24) is 0 Å². The molecule has 0 N–H and O–H groups in total. The molecule has 1 unspecified atom stereocenters. The number of hydrogen-bond acceptors (Lipinski definition) is 5. The molecule has 0 aliphatic heterocycles. The third-order valence-electron chi connectivity index (χ3n) is 8.35. The van der Waals surface area contributed by atoms with Crippen molar-refractivity contribution in [1.29, 1.82) is 0 Å². The number of halogens is 11. The molecular formula is C34H37F11O5.